The number of nitrogen functional groups attached to an aromatic ring is 1. The number of carbonyl (C=O) groups excluding carboxylic acids is 3. The van der Waals surface area contributed by atoms with Crippen molar-refractivity contribution in [1.29, 1.82) is 0 Å². The molecule has 18 nitrogen and oxygen atoms in total. The third-order valence-electron chi connectivity index (χ3n) is 13.3. The van der Waals surface area contributed by atoms with Gasteiger partial charge in [-0.05, 0) is 90.8 Å². The van der Waals surface area contributed by atoms with E-state index in [0.717, 1.165) is 0 Å². The molecule has 1 aliphatic rings. The van der Waals surface area contributed by atoms with Crippen LogP contribution in [0.5, 0.6) is 0 Å². The van der Waals surface area contributed by atoms with Crippen LogP contribution in [0.1, 0.15) is 118 Å². The lowest BCUT2D eigenvalue weighted by molar-refractivity contribution is -0.160. The van der Waals surface area contributed by atoms with Gasteiger partial charge in [0.15, 0.2) is 5.82 Å². The Labute approximate surface area is 426 Å². The minimum atomic E-state index is -2.57. The number of aliphatic carboxylic acids is 2. The van der Waals surface area contributed by atoms with Gasteiger partial charge in [-0.15, -0.1) is 0 Å². The largest absolute Gasteiger partial charge is 0.479 e. The van der Waals surface area contributed by atoms with E-state index < -0.39 is 106 Å². The van der Waals surface area contributed by atoms with E-state index in [1.165, 1.54) is 17.4 Å². The van der Waals surface area contributed by atoms with Crippen molar-refractivity contribution in [3.8, 4) is 0 Å². The number of carbonyl (C=O) groups is 5. The van der Waals surface area contributed by atoms with E-state index in [2.05, 4.69) is 25.6 Å². The molecule has 3 aromatic carbocycles. The zero-order chi connectivity index (χ0) is 54.1. The van der Waals surface area contributed by atoms with Crippen LogP contribution in [0, 0.1) is 23.7 Å². The highest BCUT2D eigenvalue weighted by Crippen LogP contribution is 2.58. The maximum atomic E-state index is 15.8. The second kappa shape index (κ2) is 20.7. The second-order valence-corrected chi connectivity index (χ2v) is 22.2. The number of anilines is 1. The molecule has 18 heteroatoms. The van der Waals surface area contributed by atoms with Crippen LogP contribution in [0.15, 0.2) is 104 Å². The summed E-state index contributed by atoms with van der Waals surface area (Å²) in [5.41, 5.74) is -1.25. The minimum absolute atomic E-state index is 0.0123. The van der Waals surface area contributed by atoms with Gasteiger partial charge in [0.1, 0.15) is 45.3 Å². The summed E-state index contributed by atoms with van der Waals surface area (Å²) in [4.78, 5) is 87.9. The van der Waals surface area contributed by atoms with Crippen molar-refractivity contribution in [2.75, 3.05) is 12.3 Å². The van der Waals surface area contributed by atoms with Crippen molar-refractivity contribution >= 4 is 47.1 Å². The predicted molar refractivity (Wildman–Crippen MR) is 274 cm³/mol. The van der Waals surface area contributed by atoms with E-state index in [1.54, 1.807) is 90.0 Å². The van der Waals surface area contributed by atoms with Gasteiger partial charge in [0, 0.05) is 23.6 Å². The Hall–Kier alpha value is -7.21. The molecule has 0 spiro atoms. The van der Waals surface area contributed by atoms with Crippen molar-refractivity contribution in [2.24, 2.45) is 23.7 Å². The summed E-state index contributed by atoms with van der Waals surface area (Å²) in [7, 11) is 0. The summed E-state index contributed by atoms with van der Waals surface area (Å²) in [6.07, 6.45) is -0.627. The molecule has 6 rings (SSSR count). The number of rotatable bonds is 15. The molecule has 5 aromatic rings. The van der Waals surface area contributed by atoms with Gasteiger partial charge in [-0.1, -0.05) is 119 Å². The fourth-order valence-corrected chi connectivity index (χ4v) is 10.4. The Kier molecular flexibility index (Phi) is 15.6. The van der Waals surface area contributed by atoms with E-state index in [1.807, 2.05) is 91.0 Å². The number of carboxylic acid groups (broad SMARTS) is 2. The standard InChI is InChI=1S/C55H71N7O11/c1-32(2)53(45(63)64,60-47(67)71-50(5,6)7)39-38(30-70-55(34-23-17-14-18-24-34,35-25-19-15-20-26-35)36-27-21-16-22-28-36)62(49(69)73-52(11,12)13)43(37-29-57-42-41(37)58-31-59-44(42)56)40(39)54(33(3)4,46(65)66)61-48(68)72-51(8,9)10/h14-29,31-33,38-40,43,57H,30H2,1-13H3,(H,60,67)(H,61,68)(H,63,64)(H,65,66)(H2,56,58,59)/t38-,39-,40-,43+,53-,54-/m0/s1. The molecule has 7 N–H and O–H groups in total. The smallest absolute Gasteiger partial charge is 0.411 e. The number of nitrogens with zero attached hydrogens (tertiary/aromatic N) is 3. The number of fused-ring (bicyclic) bond motifs is 1. The average Bonchev–Trinajstić information content (AvgIpc) is 3.87. The number of nitrogens with two attached hydrogens (primary N) is 1. The van der Waals surface area contributed by atoms with Crippen molar-refractivity contribution in [1.82, 2.24) is 30.5 Å². The van der Waals surface area contributed by atoms with Crippen molar-refractivity contribution in [3.63, 3.8) is 0 Å². The number of carboxylic acids is 2. The molecule has 2 aromatic heterocycles. The molecule has 73 heavy (non-hydrogen) atoms. The number of nitrogens with one attached hydrogen (secondary N) is 3. The van der Waals surface area contributed by atoms with Crippen LogP contribution in [0.4, 0.5) is 20.2 Å². The monoisotopic (exact) mass is 1010 g/mol. The Balaban J connectivity index is 1.85. The molecule has 6 atom stereocenters. The van der Waals surface area contributed by atoms with Crippen LogP contribution in [-0.2, 0) is 34.1 Å². The highest BCUT2D eigenvalue weighted by atomic mass is 16.6. The highest BCUT2D eigenvalue weighted by molar-refractivity contribution is 5.91. The summed E-state index contributed by atoms with van der Waals surface area (Å²) >= 11 is 0. The molecule has 0 saturated carbocycles. The quantitative estimate of drug-likeness (QED) is 0.0422. The normalized spacial score (nSPS) is 19.2. The van der Waals surface area contributed by atoms with Crippen LogP contribution in [0.25, 0.3) is 11.0 Å². The zero-order valence-electron chi connectivity index (χ0n) is 44.0. The summed E-state index contributed by atoms with van der Waals surface area (Å²) in [5.74, 6) is -8.98. The van der Waals surface area contributed by atoms with Crippen LogP contribution >= 0.6 is 0 Å². The molecular weight excluding hydrogens is 935 g/mol. The molecule has 0 radical (unpaired) electrons. The number of ether oxygens (including phenoxy) is 4. The Bertz CT molecular complexity index is 2670. The summed E-state index contributed by atoms with van der Waals surface area (Å²) in [6, 6.07) is 24.8. The van der Waals surface area contributed by atoms with Crippen LogP contribution < -0.4 is 16.4 Å². The number of amides is 3. The number of aromatic nitrogens is 3. The van der Waals surface area contributed by atoms with Crippen molar-refractivity contribution in [3.05, 3.63) is 126 Å². The lowest BCUT2D eigenvalue weighted by atomic mass is 9.58. The first-order valence-electron chi connectivity index (χ1n) is 24.4. The van der Waals surface area contributed by atoms with Gasteiger partial charge < -0.3 is 50.5 Å². The minimum Gasteiger partial charge on any atom is -0.479 e. The van der Waals surface area contributed by atoms with Gasteiger partial charge in [-0.2, -0.15) is 0 Å². The van der Waals surface area contributed by atoms with Crippen molar-refractivity contribution < 1.29 is 53.1 Å². The van der Waals surface area contributed by atoms with Gasteiger partial charge in [0.2, 0.25) is 0 Å². The lowest BCUT2D eigenvalue weighted by Crippen LogP contribution is -2.72. The van der Waals surface area contributed by atoms with Crippen molar-refractivity contribution in [2.45, 2.75) is 136 Å². The zero-order valence-corrected chi connectivity index (χ0v) is 44.0. The van der Waals surface area contributed by atoms with Gasteiger partial charge in [0.05, 0.1) is 24.2 Å². The summed E-state index contributed by atoms with van der Waals surface area (Å²) < 4.78 is 25.5. The molecule has 1 fully saturated rings. The molecule has 0 aliphatic carbocycles. The lowest BCUT2D eigenvalue weighted by Gasteiger charge is -2.50. The topological polar surface area (TPSA) is 258 Å². The number of aromatic amines is 1. The number of hydrogen-bond acceptors (Lipinski definition) is 12. The van der Waals surface area contributed by atoms with E-state index in [9.17, 15) is 29.4 Å². The van der Waals surface area contributed by atoms with Crippen LogP contribution in [0.3, 0.4) is 0 Å². The molecule has 0 unspecified atom stereocenters. The molecule has 3 amide bonds. The third kappa shape index (κ3) is 10.9. The fourth-order valence-electron chi connectivity index (χ4n) is 10.4. The van der Waals surface area contributed by atoms with Crippen LogP contribution in [0.2, 0.25) is 0 Å². The van der Waals surface area contributed by atoms with Gasteiger partial charge in [-0.3, -0.25) is 4.90 Å². The SMILES string of the molecule is CC(C)[C@@](NC(=O)OC(C)(C)C)(C(=O)O)[C@@H]1[C@H]([C@](NC(=O)OC(C)(C)C)(C(=O)O)C(C)C)[C@@H](c2c[nH]c3c(N)ncnc23)N(C(=O)OC(C)(C)C)[C@H]1COC(c1ccccc1)(c1ccccc1)c1ccccc1. The first kappa shape index (κ1) is 55.1. The Morgan fingerprint density at radius 3 is 1.44 bits per heavy atom. The third-order valence-corrected chi connectivity index (χ3v) is 13.3. The highest BCUT2D eigenvalue weighted by Gasteiger charge is 2.72. The molecule has 1 saturated heterocycles. The first-order valence-corrected chi connectivity index (χ1v) is 24.4. The van der Waals surface area contributed by atoms with E-state index in [4.69, 9.17) is 24.7 Å². The second-order valence-electron chi connectivity index (χ2n) is 22.2. The van der Waals surface area contributed by atoms with Gasteiger partial charge in [-0.25, -0.2) is 33.9 Å². The summed E-state index contributed by atoms with van der Waals surface area (Å²) in [6.45, 7) is 20.3. The molecule has 392 valence electrons. The Morgan fingerprint density at radius 1 is 0.644 bits per heavy atom. The summed E-state index contributed by atoms with van der Waals surface area (Å²) in [5, 5.41) is 29.8. The molecular formula is C55H71N7O11. The number of likely N-dealkylation sites (tertiary alicyclic amines) is 1. The predicted octanol–water partition coefficient (Wildman–Crippen LogP) is 9.45. The van der Waals surface area contributed by atoms with Gasteiger partial charge >= 0.3 is 30.2 Å². The maximum absolute atomic E-state index is 15.8. The van der Waals surface area contributed by atoms with E-state index in [-0.39, 0.29) is 22.4 Å². The van der Waals surface area contributed by atoms with Crippen LogP contribution in [-0.4, -0.2) is 101 Å². The number of benzene rings is 3. The van der Waals surface area contributed by atoms with Gasteiger partial charge in [0.25, 0.3) is 0 Å². The maximum Gasteiger partial charge on any atom is 0.411 e. The number of hydrogen-bond donors (Lipinski definition) is 6. The van der Waals surface area contributed by atoms with E-state index in [0.29, 0.717) is 16.7 Å². The fraction of sp³-hybridized carbons (Fsp3) is 0.473. The molecule has 1 aliphatic heterocycles. The van der Waals surface area contributed by atoms with E-state index >= 15 is 4.79 Å². The first-order chi connectivity index (χ1) is 34.0. The Morgan fingerprint density at radius 2 is 1.05 bits per heavy atom. The molecule has 3 heterocycles. The number of alkyl carbamates (subject to hydrolysis) is 2. The molecule has 0 bridgehead atoms. The average molecular weight is 1010 g/mol. The number of H-pyrrole nitrogens is 1.